The van der Waals surface area contributed by atoms with Gasteiger partial charge in [-0.3, -0.25) is 9.59 Å². The van der Waals surface area contributed by atoms with Crippen molar-refractivity contribution >= 4 is 11.8 Å². The van der Waals surface area contributed by atoms with Crippen LogP contribution in [0.3, 0.4) is 0 Å². The Morgan fingerprint density at radius 1 is 0.568 bits per heavy atom. The third-order valence-electron chi connectivity index (χ3n) is 7.44. The number of rotatable bonds is 29. The van der Waals surface area contributed by atoms with E-state index in [1.165, 1.54) is 109 Å². The summed E-state index contributed by atoms with van der Waals surface area (Å²) in [6, 6.07) is -0.421. The molecule has 0 saturated carbocycles. The first-order valence-electron chi connectivity index (χ1n) is 16.4. The molecule has 0 radical (unpaired) electrons. The minimum atomic E-state index is -0.421. The van der Waals surface area contributed by atoms with Crippen LogP contribution in [0, 0.1) is 0 Å². The van der Waals surface area contributed by atoms with Crippen LogP contribution in [0.4, 0.5) is 0 Å². The van der Waals surface area contributed by atoms with Crippen molar-refractivity contribution in [2.75, 3.05) is 13.1 Å². The predicted octanol–water partition coefficient (Wildman–Crippen LogP) is 8.34. The molecule has 0 spiro atoms. The number of carbonyl (C=O) groups is 2. The summed E-state index contributed by atoms with van der Waals surface area (Å²) < 4.78 is 0. The Hall–Kier alpha value is -1.10. The molecule has 1 atom stereocenters. The highest BCUT2D eigenvalue weighted by Crippen LogP contribution is 2.14. The normalized spacial score (nSPS) is 12.0. The Morgan fingerprint density at radius 2 is 1.00 bits per heavy atom. The van der Waals surface area contributed by atoms with Gasteiger partial charge in [0.2, 0.25) is 11.8 Å². The van der Waals surface area contributed by atoms with Crippen molar-refractivity contribution in [3.8, 4) is 0 Å². The Morgan fingerprint density at radius 3 is 1.46 bits per heavy atom. The van der Waals surface area contributed by atoms with Crippen LogP contribution in [-0.2, 0) is 9.59 Å². The lowest BCUT2D eigenvalue weighted by Crippen LogP contribution is -2.47. The van der Waals surface area contributed by atoms with Crippen LogP contribution in [-0.4, -0.2) is 30.9 Å². The molecule has 0 aromatic carbocycles. The summed E-state index contributed by atoms with van der Waals surface area (Å²) in [7, 11) is 0. The third-order valence-corrected chi connectivity index (χ3v) is 7.44. The van der Waals surface area contributed by atoms with Crippen molar-refractivity contribution in [2.24, 2.45) is 5.73 Å². The molecule has 220 valence electrons. The van der Waals surface area contributed by atoms with E-state index in [4.69, 9.17) is 5.73 Å². The SMILES string of the molecule is CCCCCCCCCCCCCCCCCC(=O)N[C@@H](CCCCN)C(=O)NCCCCCCCC. The van der Waals surface area contributed by atoms with Gasteiger partial charge in [-0.2, -0.15) is 0 Å². The molecule has 0 aliphatic rings. The monoisotopic (exact) mass is 524 g/mol. The fraction of sp³-hybridized carbons (Fsp3) is 0.938. The summed E-state index contributed by atoms with van der Waals surface area (Å²) in [6.07, 6.45) is 30.0. The van der Waals surface area contributed by atoms with Gasteiger partial charge in [-0.1, -0.05) is 136 Å². The fourth-order valence-electron chi connectivity index (χ4n) is 4.93. The molecule has 0 aromatic heterocycles. The van der Waals surface area contributed by atoms with E-state index in [1.54, 1.807) is 0 Å². The first-order valence-corrected chi connectivity index (χ1v) is 16.4. The number of hydrogen-bond acceptors (Lipinski definition) is 3. The molecule has 5 heteroatoms. The maximum atomic E-state index is 12.7. The van der Waals surface area contributed by atoms with Crippen molar-refractivity contribution in [3.05, 3.63) is 0 Å². The van der Waals surface area contributed by atoms with E-state index in [0.717, 1.165) is 38.5 Å². The highest BCUT2D eigenvalue weighted by molar-refractivity contribution is 5.87. The van der Waals surface area contributed by atoms with Gasteiger partial charge in [0, 0.05) is 13.0 Å². The van der Waals surface area contributed by atoms with E-state index in [-0.39, 0.29) is 11.8 Å². The van der Waals surface area contributed by atoms with Gasteiger partial charge in [-0.05, 0) is 38.6 Å². The molecule has 0 aliphatic heterocycles. The van der Waals surface area contributed by atoms with Gasteiger partial charge in [0.05, 0.1) is 0 Å². The van der Waals surface area contributed by atoms with Crippen molar-refractivity contribution in [1.29, 1.82) is 0 Å². The maximum Gasteiger partial charge on any atom is 0.242 e. The summed E-state index contributed by atoms with van der Waals surface area (Å²) in [6.45, 7) is 5.82. The van der Waals surface area contributed by atoms with Gasteiger partial charge in [0.1, 0.15) is 6.04 Å². The van der Waals surface area contributed by atoms with E-state index in [1.807, 2.05) is 0 Å². The molecule has 0 aliphatic carbocycles. The molecule has 5 nitrogen and oxygen atoms in total. The van der Waals surface area contributed by atoms with Gasteiger partial charge < -0.3 is 16.4 Å². The van der Waals surface area contributed by atoms with Crippen LogP contribution in [0.5, 0.6) is 0 Å². The van der Waals surface area contributed by atoms with E-state index < -0.39 is 6.04 Å². The van der Waals surface area contributed by atoms with Crippen LogP contribution in [0.1, 0.15) is 174 Å². The van der Waals surface area contributed by atoms with E-state index in [2.05, 4.69) is 24.5 Å². The molecule has 0 fully saturated rings. The second kappa shape index (κ2) is 29.5. The van der Waals surface area contributed by atoms with Crippen molar-refractivity contribution in [2.45, 2.75) is 180 Å². The quantitative estimate of drug-likeness (QED) is 0.0861. The van der Waals surface area contributed by atoms with Crippen molar-refractivity contribution in [1.82, 2.24) is 10.6 Å². The smallest absolute Gasteiger partial charge is 0.242 e. The second-order valence-electron chi connectivity index (χ2n) is 11.2. The van der Waals surface area contributed by atoms with Crippen LogP contribution < -0.4 is 16.4 Å². The number of unbranched alkanes of at least 4 members (excludes halogenated alkanes) is 20. The number of hydrogen-bond donors (Lipinski definition) is 3. The van der Waals surface area contributed by atoms with Crippen LogP contribution in [0.2, 0.25) is 0 Å². The van der Waals surface area contributed by atoms with E-state index in [9.17, 15) is 9.59 Å². The van der Waals surface area contributed by atoms with E-state index in [0.29, 0.717) is 25.9 Å². The Labute approximate surface area is 231 Å². The van der Waals surface area contributed by atoms with Gasteiger partial charge in [0.25, 0.3) is 0 Å². The summed E-state index contributed by atoms with van der Waals surface area (Å²) >= 11 is 0. The molecule has 0 heterocycles. The number of nitrogens with two attached hydrogens (primary N) is 1. The van der Waals surface area contributed by atoms with E-state index >= 15 is 0 Å². The lowest BCUT2D eigenvalue weighted by atomic mass is 10.0. The lowest BCUT2D eigenvalue weighted by molar-refractivity contribution is -0.129. The average molecular weight is 524 g/mol. The molecule has 37 heavy (non-hydrogen) atoms. The molecule has 0 bridgehead atoms. The third kappa shape index (κ3) is 26.3. The Kier molecular flexibility index (Phi) is 28.6. The van der Waals surface area contributed by atoms with Crippen molar-refractivity contribution < 1.29 is 9.59 Å². The van der Waals surface area contributed by atoms with Crippen LogP contribution in [0.25, 0.3) is 0 Å². The van der Waals surface area contributed by atoms with Gasteiger partial charge in [0.15, 0.2) is 0 Å². The predicted molar refractivity (Wildman–Crippen MR) is 161 cm³/mol. The zero-order valence-electron chi connectivity index (χ0n) is 25.1. The van der Waals surface area contributed by atoms with Crippen LogP contribution >= 0.6 is 0 Å². The minimum absolute atomic E-state index is 0.0159. The second-order valence-corrected chi connectivity index (χ2v) is 11.2. The summed E-state index contributed by atoms with van der Waals surface area (Å²) in [4.78, 5) is 25.1. The van der Waals surface area contributed by atoms with Crippen molar-refractivity contribution in [3.63, 3.8) is 0 Å². The van der Waals surface area contributed by atoms with Gasteiger partial charge in [-0.25, -0.2) is 0 Å². The molecule has 0 aromatic rings. The molecule has 0 unspecified atom stereocenters. The zero-order chi connectivity index (χ0) is 27.2. The highest BCUT2D eigenvalue weighted by Gasteiger charge is 2.19. The minimum Gasteiger partial charge on any atom is -0.354 e. The summed E-state index contributed by atoms with van der Waals surface area (Å²) in [5, 5.41) is 6.05. The standard InChI is InChI=1S/C32H65N3O2/c1-3-5-7-9-11-12-13-14-15-16-17-18-19-20-22-27-31(36)35-30(26-23-24-28-33)32(37)34-29-25-21-10-8-6-4-2/h30H,3-29,33H2,1-2H3,(H,34,37)(H,35,36)/t30-/m0/s1. The summed E-state index contributed by atoms with van der Waals surface area (Å²) in [5.74, 6) is -0.0161. The molecule has 2 amide bonds. The molecule has 4 N–H and O–H groups in total. The topological polar surface area (TPSA) is 84.2 Å². The zero-order valence-corrected chi connectivity index (χ0v) is 25.1. The Balaban J connectivity index is 3.82. The van der Waals surface area contributed by atoms with Crippen LogP contribution in [0.15, 0.2) is 0 Å². The number of carbonyl (C=O) groups excluding carboxylic acids is 2. The largest absolute Gasteiger partial charge is 0.354 e. The lowest BCUT2D eigenvalue weighted by Gasteiger charge is -2.18. The van der Waals surface area contributed by atoms with Gasteiger partial charge in [-0.15, -0.1) is 0 Å². The number of nitrogens with one attached hydrogen (secondary N) is 2. The summed E-state index contributed by atoms with van der Waals surface area (Å²) in [5.41, 5.74) is 5.62. The average Bonchev–Trinajstić information content (AvgIpc) is 2.89. The molecular formula is C32H65N3O2. The number of amides is 2. The molecule has 0 rings (SSSR count). The Bertz CT molecular complexity index is 498. The first kappa shape index (κ1) is 35.9. The first-order chi connectivity index (χ1) is 18.2. The molecular weight excluding hydrogens is 458 g/mol. The molecule has 0 saturated heterocycles. The maximum absolute atomic E-state index is 12.7. The van der Waals surface area contributed by atoms with Gasteiger partial charge >= 0.3 is 0 Å². The highest BCUT2D eigenvalue weighted by atomic mass is 16.2. The fourth-order valence-corrected chi connectivity index (χ4v) is 4.93.